The van der Waals surface area contributed by atoms with Gasteiger partial charge < -0.3 is 9.84 Å². The van der Waals surface area contributed by atoms with Gasteiger partial charge in [0.2, 0.25) is 0 Å². The first-order valence-electron chi connectivity index (χ1n) is 11.0. The number of unbranched alkanes of at least 4 members (excludes halogenated alkanes) is 4. The van der Waals surface area contributed by atoms with E-state index in [1.54, 1.807) is 12.1 Å². The van der Waals surface area contributed by atoms with Gasteiger partial charge in [-0.1, -0.05) is 69.9 Å². The van der Waals surface area contributed by atoms with Crippen molar-refractivity contribution in [2.75, 3.05) is 0 Å². The van der Waals surface area contributed by atoms with Crippen LogP contribution in [-0.2, 0) is 6.42 Å². The average Bonchev–Trinajstić information content (AvgIpc) is 2.76. The normalized spacial score (nSPS) is 11.8. The van der Waals surface area contributed by atoms with Crippen molar-refractivity contribution in [1.29, 1.82) is 0 Å². The van der Waals surface area contributed by atoms with Gasteiger partial charge in [0, 0.05) is 12.5 Å². The van der Waals surface area contributed by atoms with Gasteiger partial charge in [-0.15, -0.1) is 0 Å². The number of hydrogen-bond acceptors (Lipinski definition) is 3. The summed E-state index contributed by atoms with van der Waals surface area (Å²) in [5, 5.41) is 10.3. The van der Waals surface area contributed by atoms with E-state index in [2.05, 4.69) is 13.0 Å². The van der Waals surface area contributed by atoms with Crippen molar-refractivity contribution in [2.24, 2.45) is 0 Å². The van der Waals surface area contributed by atoms with Crippen LogP contribution in [0.25, 0.3) is 6.08 Å². The number of benzene rings is 2. The van der Waals surface area contributed by atoms with E-state index in [1.165, 1.54) is 43.4 Å². The van der Waals surface area contributed by atoms with Gasteiger partial charge in [-0.3, -0.25) is 4.79 Å². The van der Waals surface area contributed by atoms with Crippen LogP contribution in [0.4, 0.5) is 0 Å². The summed E-state index contributed by atoms with van der Waals surface area (Å²) in [5.74, 6) is 1.05. The number of ether oxygens (including phenoxy) is 1. The number of phenols is 1. The standard InChI is InChI=1S/C27H34O3/c1-4-7-8-9-10-13-21-14-11-12-15-22(21)16-19-26(28)25-18-17-24(20-27(25)29)30-23(5-2)6-3/h5,11-12,14-20,29H,4,6-10,13H2,1-3H3. The minimum Gasteiger partial charge on any atom is -0.507 e. The van der Waals surface area contributed by atoms with E-state index in [4.69, 9.17) is 4.74 Å². The number of allylic oxidation sites excluding steroid dienone is 3. The van der Waals surface area contributed by atoms with Gasteiger partial charge in [0.15, 0.2) is 5.78 Å². The summed E-state index contributed by atoms with van der Waals surface area (Å²) in [6, 6.07) is 13.0. The van der Waals surface area contributed by atoms with Crippen LogP contribution in [0.5, 0.6) is 11.5 Å². The first-order valence-corrected chi connectivity index (χ1v) is 11.0. The summed E-state index contributed by atoms with van der Waals surface area (Å²) in [6.45, 7) is 6.13. The van der Waals surface area contributed by atoms with Crippen LogP contribution in [0, 0.1) is 0 Å². The second-order valence-corrected chi connectivity index (χ2v) is 7.45. The van der Waals surface area contributed by atoms with Gasteiger partial charge in [-0.2, -0.15) is 0 Å². The van der Waals surface area contributed by atoms with E-state index in [-0.39, 0.29) is 17.1 Å². The van der Waals surface area contributed by atoms with Crippen LogP contribution in [0.15, 0.2) is 60.4 Å². The van der Waals surface area contributed by atoms with Crippen LogP contribution >= 0.6 is 0 Å². The van der Waals surface area contributed by atoms with Crippen molar-refractivity contribution >= 4 is 11.9 Å². The second-order valence-electron chi connectivity index (χ2n) is 7.45. The Hall–Kier alpha value is -2.81. The van der Waals surface area contributed by atoms with Gasteiger partial charge in [0.05, 0.1) is 11.3 Å². The minimum atomic E-state index is -0.224. The first-order chi connectivity index (χ1) is 14.6. The Morgan fingerprint density at radius 2 is 1.80 bits per heavy atom. The molecule has 0 spiro atoms. The van der Waals surface area contributed by atoms with Gasteiger partial charge in [-0.05, 0) is 55.2 Å². The highest BCUT2D eigenvalue weighted by Gasteiger charge is 2.11. The zero-order valence-electron chi connectivity index (χ0n) is 18.5. The number of aryl methyl sites for hydroxylation is 1. The molecule has 1 N–H and O–H groups in total. The van der Waals surface area contributed by atoms with Gasteiger partial charge in [0.25, 0.3) is 0 Å². The number of carbonyl (C=O) groups is 1. The lowest BCUT2D eigenvalue weighted by molar-refractivity contribution is 0.104. The van der Waals surface area contributed by atoms with Crippen molar-refractivity contribution < 1.29 is 14.6 Å². The summed E-state index contributed by atoms with van der Waals surface area (Å²) in [6.07, 6.45) is 13.3. The van der Waals surface area contributed by atoms with Crippen molar-refractivity contribution in [3.8, 4) is 11.5 Å². The Morgan fingerprint density at radius 1 is 1.03 bits per heavy atom. The summed E-state index contributed by atoms with van der Waals surface area (Å²) in [7, 11) is 0. The van der Waals surface area contributed by atoms with E-state index in [0.29, 0.717) is 5.75 Å². The van der Waals surface area contributed by atoms with E-state index in [9.17, 15) is 9.90 Å². The number of aromatic hydroxyl groups is 1. The molecule has 0 aliphatic carbocycles. The summed E-state index contributed by atoms with van der Waals surface area (Å²) < 4.78 is 5.71. The summed E-state index contributed by atoms with van der Waals surface area (Å²) in [5.41, 5.74) is 2.58. The van der Waals surface area contributed by atoms with Crippen molar-refractivity contribution in [1.82, 2.24) is 0 Å². The fourth-order valence-corrected chi connectivity index (χ4v) is 3.37. The molecule has 0 aliphatic rings. The van der Waals surface area contributed by atoms with Crippen LogP contribution in [0.3, 0.4) is 0 Å². The highest BCUT2D eigenvalue weighted by molar-refractivity contribution is 6.08. The molecule has 0 saturated carbocycles. The molecule has 0 aliphatic heterocycles. The van der Waals surface area contributed by atoms with Crippen molar-refractivity contribution in [3.63, 3.8) is 0 Å². The Bertz CT molecular complexity index is 877. The third kappa shape index (κ3) is 7.22. The number of hydrogen-bond donors (Lipinski definition) is 1. The minimum absolute atomic E-state index is 0.0714. The maximum absolute atomic E-state index is 12.6. The molecule has 0 bridgehead atoms. The lowest BCUT2D eigenvalue weighted by Gasteiger charge is -2.09. The van der Waals surface area contributed by atoms with E-state index >= 15 is 0 Å². The predicted octanol–water partition coefficient (Wildman–Crippen LogP) is 7.49. The van der Waals surface area contributed by atoms with Crippen molar-refractivity contribution in [3.05, 3.63) is 77.1 Å². The third-order valence-electron chi connectivity index (χ3n) is 5.17. The molecule has 2 aromatic carbocycles. The highest BCUT2D eigenvalue weighted by atomic mass is 16.5. The fourth-order valence-electron chi connectivity index (χ4n) is 3.37. The second kappa shape index (κ2) is 12.7. The van der Waals surface area contributed by atoms with Gasteiger partial charge in [-0.25, -0.2) is 0 Å². The lowest BCUT2D eigenvalue weighted by atomic mass is 9.99. The van der Waals surface area contributed by atoms with Crippen LogP contribution in [0.2, 0.25) is 0 Å². The largest absolute Gasteiger partial charge is 0.507 e. The van der Waals surface area contributed by atoms with E-state index in [0.717, 1.165) is 30.6 Å². The summed E-state index contributed by atoms with van der Waals surface area (Å²) >= 11 is 0. The molecular weight excluding hydrogens is 372 g/mol. The molecule has 0 radical (unpaired) electrons. The maximum atomic E-state index is 12.6. The molecule has 0 amide bonds. The maximum Gasteiger partial charge on any atom is 0.189 e. The Balaban J connectivity index is 2.05. The molecule has 30 heavy (non-hydrogen) atoms. The SMILES string of the molecule is CC=C(CC)Oc1ccc(C(=O)C=Cc2ccccc2CCCCCCC)c(O)c1. The zero-order chi connectivity index (χ0) is 21.8. The predicted molar refractivity (Wildman–Crippen MR) is 125 cm³/mol. The van der Waals surface area contributed by atoms with E-state index < -0.39 is 0 Å². The molecular formula is C27H34O3. The van der Waals surface area contributed by atoms with Gasteiger partial charge in [0.1, 0.15) is 11.5 Å². The Morgan fingerprint density at radius 3 is 2.50 bits per heavy atom. The molecule has 0 unspecified atom stereocenters. The third-order valence-corrected chi connectivity index (χ3v) is 5.17. The van der Waals surface area contributed by atoms with Crippen LogP contribution in [0.1, 0.15) is 80.8 Å². The van der Waals surface area contributed by atoms with Gasteiger partial charge >= 0.3 is 0 Å². The smallest absolute Gasteiger partial charge is 0.189 e. The molecule has 3 nitrogen and oxygen atoms in total. The number of carbonyl (C=O) groups excluding carboxylic acids is 1. The van der Waals surface area contributed by atoms with Crippen molar-refractivity contribution in [2.45, 2.75) is 65.7 Å². The number of ketones is 1. The molecule has 0 heterocycles. The molecule has 0 aromatic heterocycles. The molecule has 160 valence electrons. The quantitative estimate of drug-likeness (QED) is 0.172. The highest BCUT2D eigenvalue weighted by Crippen LogP contribution is 2.26. The molecule has 0 saturated heterocycles. The molecule has 2 rings (SSSR count). The average molecular weight is 407 g/mol. The Labute approximate surface area is 181 Å². The van der Waals surface area contributed by atoms with E-state index in [1.807, 2.05) is 44.2 Å². The molecule has 2 aromatic rings. The molecule has 0 fully saturated rings. The Kier molecular flexibility index (Phi) is 9.93. The van der Waals surface area contributed by atoms with Crippen LogP contribution in [-0.4, -0.2) is 10.9 Å². The number of rotatable bonds is 12. The summed E-state index contributed by atoms with van der Waals surface area (Å²) in [4.78, 5) is 12.6. The molecule has 0 atom stereocenters. The first kappa shape index (κ1) is 23.5. The topological polar surface area (TPSA) is 46.5 Å². The van der Waals surface area contributed by atoms with Crippen LogP contribution < -0.4 is 4.74 Å². The lowest BCUT2D eigenvalue weighted by Crippen LogP contribution is -1.98. The monoisotopic (exact) mass is 406 g/mol. The number of phenolic OH excluding ortho intramolecular Hbond substituents is 1. The fraction of sp³-hybridized carbons (Fsp3) is 0.370. The zero-order valence-corrected chi connectivity index (χ0v) is 18.5. The molecule has 3 heteroatoms.